The fourth-order valence-electron chi connectivity index (χ4n) is 1.24. The van der Waals surface area contributed by atoms with Crippen LogP contribution < -0.4 is 10.1 Å². The number of amides is 1. The Morgan fingerprint density at radius 3 is 2.94 bits per heavy atom. The van der Waals surface area contributed by atoms with Gasteiger partial charge in [-0.3, -0.25) is 4.79 Å². The number of hydrogen-bond acceptors (Lipinski definition) is 5. The van der Waals surface area contributed by atoms with Crippen molar-refractivity contribution < 1.29 is 19.2 Å². The van der Waals surface area contributed by atoms with Crippen LogP contribution >= 0.6 is 0 Å². The third-order valence-electron chi connectivity index (χ3n) is 2.03. The molecule has 0 spiro atoms. The third-order valence-corrected chi connectivity index (χ3v) is 2.03. The molecule has 88 valence electrons. The lowest BCUT2D eigenvalue weighted by molar-refractivity contribution is 0.0987. The van der Waals surface area contributed by atoms with Gasteiger partial charge in [0.2, 0.25) is 5.76 Å². The average Bonchev–Trinajstić information content (AvgIpc) is 2.77. The van der Waals surface area contributed by atoms with Crippen LogP contribution in [0.1, 0.15) is 10.6 Å². The van der Waals surface area contributed by atoms with Crippen molar-refractivity contribution in [1.82, 2.24) is 5.16 Å². The Hall–Kier alpha value is -2.50. The lowest BCUT2D eigenvalue weighted by Crippen LogP contribution is -2.10. The molecule has 0 unspecified atom stereocenters. The lowest BCUT2D eigenvalue weighted by atomic mass is 10.3. The highest BCUT2D eigenvalue weighted by atomic mass is 16.5. The van der Waals surface area contributed by atoms with Crippen LogP contribution in [0.25, 0.3) is 0 Å². The first-order valence-electron chi connectivity index (χ1n) is 4.80. The molecule has 1 amide bonds. The van der Waals surface area contributed by atoms with E-state index in [9.17, 15) is 9.90 Å². The van der Waals surface area contributed by atoms with Gasteiger partial charge in [-0.1, -0.05) is 6.07 Å². The lowest BCUT2D eigenvalue weighted by Gasteiger charge is -2.02. The number of aromatic nitrogens is 1. The van der Waals surface area contributed by atoms with E-state index in [0.29, 0.717) is 5.69 Å². The predicted octanol–water partition coefficient (Wildman–Crippen LogP) is 1.64. The van der Waals surface area contributed by atoms with Crippen molar-refractivity contribution >= 4 is 11.6 Å². The Morgan fingerprint density at radius 1 is 1.47 bits per heavy atom. The average molecular weight is 234 g/mol. The van der Waals surface area contributed by atoms with Crippen molar-refractivity contribution in [2.24, 2.45) is 0 Å². The van der Waals surface area contributed by atoms with E-state index in [4.69, 9.17) is 9.26 Å². The molecule has 17 heavy (non-hydrogen) atoms. The van der Waals surface area contributed by atoms with E-state index in [-0.39, 0.29) is 17.4 Å². The third kappa shape index (κ3) is 2.54. The van der Waals surface area contributed by atoms with Gasteiger partial charge in [0.25, 0.3) is 11.8 Å². The van der Waals surface area contributed by atoms with Crippen LogP contribution in [0.15, 0.2) is 34.9 Å². The molecular formula is C11H10N2O4. The number of hydrogen-bond donors (Lipinski definition) is 2. The summed E-state index contributed by atoms with van der Waals surface area (Å²) in [4.78, 5) is 11.7. The van der Waals surface area contributed by atoms with E-state index < -0.39 is 5.91 Å². The molecule has 1 aromatic carbocycles. The first-order valence-corrected chi connectivity index (χ1v) is 4.80. The summed E-state index contributed by atoms with van der Waals surface area (Å²) in [5.41, 5.74) is 0.463. The Balaban J connectivity index is 2.11. The largest absolute Gasteiger partial charge is 0.508 e. The Morgan fingerprint density at radius 2 is 2.29 bits per heavy atom. The Bertz CT molecular complexity index is 536. The molecule has 1 aromatic heterocycles. The van der Waals surface area contributed by atoms with Gasteiger partial charge in [0.1, 0.15) is 5.75 Å². The normalized spacial score (nSPS) is 9.94. The molecule has 0 aliphatic heterocycles. The van der Waals surface area contributed by atoms with Gasteiger partial charge in [0, 0.05) is 11.8 Å². The molecule has 2 aromatic rings. The van der Waals surface area contributed by atoms with Gasteiger partial charge in [-0.25, -0.2) is 0 Å². The van der Waals surface area contributed by atoms with Gasteiger partial charge >= 0.3 is 0 Å². The standard InChI is InChI=1S/C11H10N2O4/c1-16-10-6-9(17-13-10)11(15)12-7-3-2-4-8(14)5-7/h2-6,14H,1H3,(H,12,15). The summed E-state index contributed by atoms with van der Waals surface area (Å²) in [5.74, 6) is -0.138. The molecule has 0 aliphatic rings. The van der Waals surface area contributed by atoms with E-state index in [1.54, 1.807) is 12.1 Å². The first-order chi connectivity index (χ1) is 8.19. The quantitative estimate of drug-likeness (QED) is 0.843. The second kappa shape index (κ2) is 4.56. The Labute approximate surface area is 96.8 Å². The summed E-state index contributed by atoms with van der Waals surface area (Å²) in [7, 11) is 1.43. The SMILES string of the molecule is COc1cc(C(=O)Nc2cccc(O)c2)on1. The number of phenolic OH excluding ortho intramolecular Hbond substituents is 1. The van der Waals surface area contributed by atoms with Crippen molar-refractivity contribution in [2.75, 3.05) is 12.4 Å². The number of carbonyl (C=O) groups excluding carboxylic acids is 1. The fourth-order valence-corrected chi connectivity index (χ4v) is 1.24. The summed E-state index contributed by atoms with van der Waals surface area (Å²) < 4.78 is 9.56. The van der Waals surface area contributed by atoms with Crippen LogP contribution in [0.2, 0.25) is 0 Å². The second-order valence-corrected chi connectivity index (χ2v) is 3.24. The van der Waals surface area contributed by atoms with E-state index in [2.05, 4.69) is 10.5 Å². The van der Waals surface area contributed by atoms with Crippen LogP contribution in [-0.4, -0.2) is 23.3 Å². The van der Waals surface area contributed by atoms with Gasteiger partial charge in [-0.2, -0.15) is 0 Å². The van der Waals surface area contributed by atoms with E-state index >= 15 is 0 Å². The van der Waals surface area contributed by atoms with Crippen LogP contribution in [0.3, 0.4) is 0 Å². The molecule has 0 radical (unpaired) electrons. The number of ether oxygens (including phenoxy) is 1. The van der Waals surface area contributed by atoms with Crippen molar-refractivity contribution in [1.29, 1.82) is 0 Å². The van der Waals surface area contributed by atoms with Crippen molar-refractivity contribution in [3.63, 3.8) is 0 Å². The van der Waals surface area contributed by atoms with Crippen molar-refractivity contribution in [3.8, 4) is 11.6 Å². The zero-order valence-electron chi connectivity index (χ0n) is 9.01. The van der Waals surface area contributed by atoms with Gasteiger partial charge < -0.3 is 19.7 Å². The number of aromatic hydroxyl groups is 1. The summed E-state index contributed by atoms with van der Waals surface area (Å²) in [6.07, 6.45) is 0. The maximum Gasteiger partial charge on any atom is 0.294 e. The molecule has 0 saturated carbocycles. The smallest absolute Gasteiger partial charge is 0.294 e. The highest BCUT2D eigenvalue weighted by Crippen LogP contribution is 2.17. The van der Waals surface area contributed by atoms with Gasteiger partial charge in [-0.15, -0.1) is 0 Å². The molecule has 0 bridgehead atoms. The fraction of sp³-hybridized carbons (Fsp3) is 0.0909. The van der Waals surface area contributed by atoms with Crippen LogP contribution in [0.5, 0.6) is 11.6 Å². The highest BCUT2D eigenvalue weighted by Gasteiger charge is 2.13. The molecule has 6 nitrogen and oxygen atoms in total. The number of nitrogens with zero attached hydrogens (tertiary/aromatic N) is 1. The van der Waals surface area contributed by atoms with Crippen molar-refractivity contribution in [2.45, 2.75) is 0 Å². The number of rotatable bonds is 3. The van der Waals surface area contributed by atoms with Crippen molar-refractivity contribution in [3.05, 3.63) is 36.1 Å². The zero-order chi connectivity index (χ0) is 12.3. The summed E-state index contributed by atoms with van der Waals surface area (Å²) >= 11 is 0. The Kier molecular flexibility index (Phi) is 2.95. The molecule has 6 heteroatoms. The van der Waals surface area contributed by atoms with Gasteiger partial charge in [-0.05, 0) is 17.3 Å². The number of phenols is 1. The van der Waals surface area contributed by atoms with Crippen LogP contribution in [0.4, 0.5) is 5.69 Å². The molecular weight excluding hydrogens is 224 g/mol. The molecule has 2 rings (SSSR count). The molecule has 0 saturated heterocycles. The first kappa shape index (κ1) is 11.0. The van der Waals surface area contributed by atoms with Crippen LogP contribution in [0, 0.1) is 0 Å². The monoisotopic (exact) mass is 234 g/mol. The molecule has 0 atom stereocenters. The number of carbonyl (C=O) groups is 1. The van der Waals surface area contributed by atoms with Crippen LogP contribution in [-0.2, 0) is 0 Å². The van der Waals surface area contributed by atoms with E-state index in [0.717, 1.165) is 0 Å². The molecule has 0 fully saturated rings. The van der Waals surface area contributed by atoms with E-state index in [1.165, 1.54) is 25.3 Å². The minimum atomic E-state index is -0.466. The molecule has 2 N–H and O–H groups in total. The minimum absolute atomic E-state index is 0.0326. The van der Waals surface area contributed by atoms with Gasteiger partial charge in [0.05, 0.1) is 13.2 Å². The second-order valence-electron chi connectivity index (χ2n) is 3.24. The maximum atomic E-state index is 11.7. The number of anilines is 1. The molecule has 0 aliphatic carbocycles. The predicted molar refractivity (Wildman–Crippen MR) is 59.1 cm³/mol. The number of methoxy groups -OCH3 is 1. The summed E-state index contributed by atoms with van der Waals surface area (Å²) in [5, 5.41) is 15.3. The minimum Gasteiger partial charge on any atom is -0.508 e. The number of nitrogens with one attached hydrogen (secondary N) is 1. The molecule has 1 heterocycles. The highest BCUT2D eigenvalue weighted by molar-refractivity contribution is 6.02. The number of benzene rings is 1. The summed E-state index contributed by atoms with van der Waals surface area (Å²) in [6, 6.07) is 7.56. The zero-order valence-corrected chi connectivity index (χ0v) is 9.01. The van der Waals surface area contributed by atoms with E-state index in [1.807, 2.05) is 0 Å². The van der Waals surface area contributed by atoms with Gasteiger partial charge in [0.15, 0.2) is 0 Å². The maximum absolute atomic E-state index is 11.7. The summed E-state index contributed by atoms with van der Waals surface area (Å²) in [6.45, 7) is 0. The topological polar surface area (TPSA) is 84.6 Å².